The highest BCUT2D eigenvalue weighted by Crippen LogP contribution is 2.37. The zero-order chi connectivity index (χ0) is 26.7. The van der Waals surface area contributed by atoms with Gasteiger partial charge in [-0.1, -0.05) is 37.5 Å². The second-order valence-electron chi connectivity index (χ2n) is 12.3. The van der Waals surface area contributed by atoms with Crippen molar-refractivity contribution in [3.63, 3.8) is 0 Å². The molecule has 1 aromatic heterocycles. The molecule has 1 amide bonds. The van der Waals surface area contributed by atoms with Gasteiger partial charge in [-0.05, 0) is 69.0 Å². The van der Waals surface area contributed by atoms with E-state index in [-0.39, 0.29) is 29.5 Å². The smallest absolute Gasteiger partial charge is 0.255 e. The van der Waals surface area contributed by atoms with E-state index in [4.69, 9.17) is 0 Å². The molecule has 0 bridgehead atoms. The monoisotopic (exact) mass is 522 g/mol. The largest absolute Gasteiger partial charge is 0.396 e. The number of likely N-dealkylation sites (N-methyl/N-ethyl adjacent to an activating group) is 1. The number of fused-ring (bicyclic) bond motifs is 1. The first-order valence-corrected chi connectivity index (χ1v) is 14.8. The van der Waals surface area contributed by atoms with Crippen LogP contribution in [0.1, 0.15) is 63.4 Å². The number of pyridine rings is 1. The number of piperazine rings is 1. The first-order chi connectivity index (χ1) is 18.4. The molecule has 3 fully saturated rings. The third-order valence-corrected chi connectivity index (χ3v) is 9.78. The normalized spacial score (nSPS) is 24.9. The van der Waals surface area contributed by atoms with Crippen molar-refractivity contribution >= 4 is 16.8 Å². The molecule has 0 spiro atoms. The van der Waals surface area contributed by atoms with Gasteiger partial charge in [-0.25, -0.2) is 0 Å². The van der Waals surface area contributed by atoms with Crippen molar-refractivity contribution in [3.8, 4) is 0 Å². The average molecular weight is 523 g/mol. The van der Waals surface area contributed by atoms with E-state index in [9.17, 15) is 14.7 Å². The van der Waals surface area contributed by atoms with E-state index in [2.05, 4.69) is 21.7 Å². The van der Waals surface area contributed by atoms with Crippen LogP contribution in [0.3, 0.4) is 0 Å². The van der Waals surface area contributed by atoms with Crippen molar-refractivity contribution in [2.24, 2.45) is 18.9 Å². The van der Waals surface area contributed by atoms with Gasteiger partial charge in [-0.2, -0.15) is 0 Å². The molecule has 1 N–H and O–H groups in total. The summed E-state index contributed by atoms with van der Waals surface area (Å²) in [6, 6.07) is 10.00. The lowest BCUT2D eigenvalue weighted by atomic mass is 9.78. The molecular weight excluding hydrogens is 476 g/mol. The van der Waals surface area contributed by atoms with Crippen molar-refractivity contribution < 1.29 is 9.90 Å². The Morgan fingerprint density at radius 3 is 2.37 bits per heavy atom. The van der Waals surface area contributed by atoms with E-state index < -0.39 is 0 Å². The number of hydrogen-bond donors (Lipinski definition) is 1. The molecule has 1 saturated heterocycles. The van der Waals surface area contributed by atoms with Crippen LogP contribution in [0.2, 0.25) is 0 Å². The fourth-order valence-corrected chi connectivity index (χ4v) is 7.29. The minimum absolute atomic E-state index is 0.0113. The predicted octanol–water partition coefficient (Wildman–Crippen LogP) is 3.62. The number of benzene rings is 1. The average Bonchev–Trinajstić information content (AvgIpc) is 2.96. The minimum Gasteiger partial charge on any atom is -0.396 e. The van der Waals surface area contributed by atoms with Crippen LogP contribution in [0, 0.1) is 11.8 Å². The number of amides is 1. The lowest BCUT2D eigenvalue weighted by molar-refractivity contribution is -0.141. The summed E-state index contributed by atoms with van der Waals surface area (Å²) >= 11 is 0. The van der Waals surface area contributed by atoms with E-state index in [1.807, 2.05) is 37.4 Å². The molecule has 7 nitrogen and oxygen atoms in total. The van der Waals surface area contributed by atoms with Crippen molar-refractivity contribution in [1.29, 1.82) is 0 Å². The number of rotatable bonds is 7. The lowest BCUT2D eigenvalue weighted by Gasteiger charge is -2.51. The molecule has 0 atom stereocenters. The van der Waals surface area contributed by atoms with Crippen LogP contribution in [-0.2, 0) is 18.4 Å². The summed E-state index contributed by atoms with van der Waals surface area (Å²) < 4.78 is 1.73. The van der Waals surface area contributed by atoms with Crippen LogP contribution in [0.25, 0.3) is 10.9 Å². The molecule has 0 radical (unpaired) electrons. The third kappa shape index (κ3) is 5.70. The summed E-state index contributed by atoms with van der Waals surface area (Å²) in [5, 5.41) is 10.7. The van der Waals surface area contributed by atoms with Crippen LogP contribution >= 0.6 is 0 Å². The van der Waals surface area contributed by atoms with Gasteiger partial charge in [0.25, 0.3) is 5.56 Å². The maximum absolute atomic E-state index is 14.2. The molecule has 7 heteroatoms. The van der Waals surface area contributed by atoms with Crippen molar-refractivity contribution in [2.75, 3.05) is 46.4 Å². The Balaban J connectivity index is 1.47. The molecule has 208 valence electrons. The molecular formula is C31H46N4O3. The van der Waals surface area contributed by atoms with Gasteiger partial charge < -0.3 is 19.5 Å². The van der Waals surface area contributed by atoms with Gasteiger partial charge in [0.15, 0.2) is 0 Å². The molecule has 1 aliphatic heterocycles. The summed E-state index contributed by atoms with van der Waals surface area (Å²) in [6.45, 7) is 5.48. The van der Waals surface area contributed by atoms with E-state index >= 15 is 0 Å². The quantitative estimate of drug-likeness (QED) is 0.602. The number of carbonyl (C=O) groups excluding carboxylic acids is 1. The van der Waals surface area contributed by atoms with Gasteiger partial charge in [0.2, 0.25) is 5.91 Å². The number of carbonyl (C=O) groups is 1. The zero-order valence-electron chi connectivity index (χ0n) is 23.4. The standard InChI is InChI=1S/C31H46N4O3/c1-32-16-18-35(19-17-32)31(14-6-3-7-15-31)23-34(30(38)25-12-10-24(22-36)11-13-25)21-27-20-26-8-4-5-9-28(26)33(2)29(27)37/h4-5,8-9,20,24-25,36H,3,6-7,10-19,21-23H2,1-2H3/t24-,25+. The first kappa shape index (κ1) is 27.4. The maximum atomic E-state index is 14.2. The van der Waals surface area contributed by atoms with Gasteiger partial charge in [-0.15, -0.1) is 0 Å². The van der Waals surface area contributed by atoms with Gasteiger partial charge in [0, 0.05) is 63.4 Å². The highest BCUT2D eigenvalue weighted by molar-refractivity contribution is 5.81. The summed E-state index contributed by atoms with van der Waals surface area (Å²) in [4.78, 5) is 34.9. The van der Waals surface area contributed by atoms with Gasteiger partial charge in [0.1, 0.15) is 0 Å². The summed E-state index contributed by atoms with van der Waals surface area (Å²) in [5.74, 6) is 0.501. The van der Waals surface area contributed by atoms with E-state index in [0.29, 0.717) is 24.6 Å². The van der Waals surface area contributed by atoms with E-state index in [0.717, 1.165) is 75.6 Å². The fourth-order valence-electron chi connectivity index (χ4n) is 7.29. The van der Waals surface area contributed by atoms with Crippen LogP contribution in [0.5, 0.6) is 0 Å². The highest BCUT2D eigenvalue weighted by atomic mass is 16.3. The van der Waals surface area contributed by atoms with Crippen molar-refractivity contribution in [1.82, 2.24) is 19.3 Å². The third-order valence-electron chi connectivity index (χ3n) is 9.78. The minimum atomic E-state index is -0.0183. The Morgan fingerprint density at radius 2 is 1.68 bits per heavy atom. The number of para-hydroxylation sites is 1. The van der Waals surface area contributed by atoms with Crippen LogP contribution in [0.4, 0.5) is 0 Å². The van der Waals surface area contributed by atoms with Crippen LogP contribution in [0.15, 0.2) is 35.1 Å². The number of aliphatic hydroxyl groups is 1. The Labute approximate surface area is 227 Å². The predicted molar refractivity (Wildman–Crippen MR) is 152 cm³/mol. The second kappa shape index (κ2) is 11.9. The lowest BCUT2D eigenvalue weighted by Crippen LogP contribution is -2.62. The first-order valence-electron chi connectivity index (χ1n) is 14.8. The Kier molecular flexibility index (Phi) is 8.56. The fraction of sp³-hybridized carbons (Fsp3) is 0.677. The number of aryl methyl sites for hydroxylation is 1. The summed E-state index contributed by atoms with van der Waals surface area (Å²) in [7, 11) is 4.03. The number of nitrogens with zero attached hydrogens (tertiary/aromatic N) is 4. The summed E-state index contributed by atoms with van der Waals surface area (Å²) in [6.07, 6.45) is 9.38. The Hall–Kier alpha value is -2.22. The second-order valence-corrected chi connectivity index (χ2v) is 12.3. The van der Waals surface area contributed by atoms with Gasteiger partial charge in [-0.3, -0.25) is 14.5 Å². The molecule has 1 aromatic carbocycles. The summed E-state index contributed by atoms with van der Waals surface area (Å²) in [5.41, 5.74) is 1.60. The molecule has 3 aliphatic rings. The topological polar surface area (TPSA) is 69.0 Å². The SMILES string of the molecule is CN1CCN(C2(CN(Cc3cc4ccccc4n(C)c3=O)C(=O)[C@H]3CC[C@@H](CO)CC3)CCCCC2)CC1. The van der Waals surface area contributed by atoms with Gasteiger partial charge in [0.05, 0.1) is 12.1 Å². The molecule has 2 aromatic rings. The van der Waals surface area contributed by atoms with Crippen LogP contribution < -0.4 is 5.56 Å². The number of aliphatic hydroxyl groups excluding tert-OH is 1. The number of aromatic nitrogens is 1. The number of hydrogen-bond acceptors (Lipinski definition) is 5. The molecule has 0 unspecified atom stereocenters. The highest BCUT2D eigenvalue weighted by Gasteiger charge is 2.42. The van der Waals surface area contributed by atoms with Crippen molar-refractivity contribution in [3.05, 3.63) is 46.2 Å². The molecule has 2 heterocycles. The zero-order valence-corrected chi connectivity index (χ0v) is 23.4. The maximum Gasteiger partial charge on any atom is 0.255 e. The Bertz CT molecular complexity index is 1160. The van der Waals surface area contributed by atoms with E-state index in [1.165, 1.54) is 19.3 Å². The van der Waals surface area contributed by atoms with Crippen molar-refractivity contribution in [2.45, 2.75) is 69.9 Å². The molecule has 5 rings (SSSR count). The van der Waals surface area contributed by atoms with E-state index in [1.54, 1.807) is 4.57 Å². The van der Waals surface area contributed by atoms with Crippen LogP contribution in [-0.4, -0.2) is 82.2 Å². The molecule has 2 aliphatic carbocycles. The molecule has 2 saturated carbocycles. The molecule has 38 heavy (non-hydrogen) atoms. The Morgan fingerprint density at radius 1 is 1.00 bits per heavy atom. The van der Waals surface area contributed by atoms with Gasteiger partial charge >= 0.3 is 0 Å².